The van der Waals surface area contributed by atoms with Gasteiger partial charge in [0, 0.05) is 22.4 Å². The summed E-state index contributed by atoms with van der Waals surface area (Å²) in [5, 5.41) is 2.39. The number of methoxy groups -OCH3 is 1. The van der Waals surface area contributed by atoms with E-state index in [1.165, 1.54) is 13.2 Å². The number of pyridine rings is 1. The van der Waals surface area contributed by atoms with Crippen LogP contribution in [0.15, 0.2) is 59.0 Å². The zero-order chi connectivity index (χ0) is 17.4. The maximum Gasteiger partial charge on any atom is 0.412 e. The lowest BCUT2D eigenvalue weighted by atomic mass is 10.2. The number of hydrogen-bond donors (Lipinski definition) is 1. The molecule has 0 bridgehead atoms. The number of halogens is 1. The van der Waals surface area contributed by atoms with Crippen LogP contribution in [0.25, 0.3) is 6.08 Å². The van der Waals surface area contributed by atoms with Crippen molar-refractivity contribution >= 4 is 34.1 Å². The van der Waals surface area contributed by atoms with Gasteiger partial charge in [-0.2, -0.15) is 0 Å². The maximum absolute atomic E-state index is 11.9. The van der Waals surface area contributed by atoms with Gasteiger partial charge in [-0.3, -0.25) is 10.3 Å². The van der Waals surface area contributed by atoms with Crippen LogP contribution >= 0.6 is 15.9 Å². The molecule has 24 heavy (non-hydrogen) atoms. The van der Waals surface area contributed by atoms with Crippen molar-refractivity contribution in [3.63, 3.8) is 0 Å². The summed E-state index contributed by atoms with van der Waals surface area (Å²) in [6.45, 7) is 0.0950. The monoisotopic (exact) mass is 390 g/mol. The van der Waals surface area contributed by atoms with E-state index in [-0.39, 0.29) is 12.3 Å². The molecular weight excluding hydrogens is 376 g/mol. The number of rotatable bonds is 5. The van der Waals surface area contributed by atoms with Gasteiger partial charge in [-0.15, -0.1) is 0 Å². The van der Waals surface area contributed by atoms with Crippen molar-refractivity contribution < 1.29 is 19.1 Å². The standard InChI is InChI=1S/C17H15BrN2O4/c1-23-16(21)15(9-13-10-19-8-7-14(13)18)20-17(22)24-11-12-5-3-2-4-6-12/h2-10H,11H2,1H3,(H,20,22)/b15-9-. The van der Waals surface area contributed by atoms with E-state index < -0.39 is 12.1 Å². The molecule has 0 fully saturated rings. The highest BCUT2D eigenvalue weighted by atomic mass is 79.9. The number of benzene rings is 1. The Labute approximate surface area is 147 Å². The summed E-state index contributed by atoms with van der Waals surface area (Å²) in [7, 11) is 1.23. The smallest absolute Gasteiger partial charge is 0.412 e. The number of ether oxygens (including phenoxy) is 2. The van der Waals surface area contributed by atoms with Crippen molar-refractivity contribution in [1.29, 1.82) is 0 Å². The molecule has 124 valence electrons. The quantitative estimate of drug-likeness (QED) is 0.625. The first-order chi connectivity index (χ1) is 11.6. The van der Waals surface area contributed by atoms with Crippen LogP contribution in [0.3, 0.4) is 0 Å². The molecule has 0 atom stereocenters. The molecule has 0 unspecified atom stereocenters. The van der Waals surface area contributed by atoms with Crippen molar-refractivity contribution in [1.82, 2.24) is 10.3 Å². The topological polar surface area (TPSA) is 77.5 Å². The van der Waals surface area contributed by atoms with E-state index in [2.05, 4.69) is 31.0 Å². The highest BCUT2D eigenvalue weighted by molar-refractivity contribution is 9.10. The second-order valence-corrected chi connectivity index (χ2v) is 5.49. The number of esters is 1. The molecule has 0 spiro atoms. The fourth-order valence-corrected chi connectivity index (χ4v) is 2.11. The fourth-order valence-electron chi connectivity index (χ4n) is 1.78. The van der Waals surface area contributed by atoms with Gasteiger partial charge in [0.1, 0.15) is 12.3 Å². The Morgan fingerprint density at radius 2 is 2.00 bits per heavy atom. The highest BCUT2D eigenvalue weighted by Crippen LogP contribution is 2.17. The van der Waals surface area contributed by atoms with Crippen LogP contribution in [0.1, 0.15) is 11.1 Å². The molecule has 0 aliphatic rings. The highest BCUT2D eigenvalue weighted by Gasteiger charge is 2.15. The van der Waals surface area contributed by atoms with Crippen molar-refractivity contribution in [2.75, 3.05) is 7.11 Å². The number of carbonyl (C=O) groups excluding carboxylic acids is 2. The SMILES string of the molecule is COC(=O)/C(=C/c1cnccc1Br)NC(=O)OCc1ccccc1. The number of aromatic nitrogens is 1. The second kappa shape index (κ2) is 8.83. The van der Waals surface area contributed by atoms with E-state index in [0.717, 1.165) is 10.0 Å². The number of carbonyl (C=O) groups is 2. The Bertz CT molecular complexity index is 747. The van der Waals surface area contributed by atoms with Gasteiger partial charge >= 0.3 is 12.1 Å². The fraction of sp³-hybridized carbons (Fsp3) is 0.118. The Hall–Kier alpha value is -2.67. The van der Waals surface area contributed by atoms with Crippen LogP contribution in [0.4, 0.5) is 4.79 Å². The zero-order valence-electron chi connectivity index (χ0n) is 12.9. The van der Waals surface area contributed by atoms with Crippen molar-refractivity contribution in [3.05, 3.63) is 70.1 Å². The molecule has 0 saturated carbocycles. The van der Waals surface area contributed by atoms with Crippen LogP contribution in [-0.2, 0) is 20.9 Å². The number of alkyl carbamates (subject to hydrolysis) is 1. The maximum atomic E-state index is 11.9. The molecule has 7 heteroatoms. The third-order valence-corrected chi connectivity index (χ3v) is 3.67. The summed E-state index contributed by atoms with van der Waals surface area (Å²) in [4.78, 5) is 27.7. The minimum absolute atomic E-state index is 0.0516. The molecule has 1 amide bonds. The molecule has 1 heterocycles. The summed E-state index contributed by atoms with van der Waals surface area (Å²) < 4.78 is 10.5. The lowest BCUT2D eigenvalue weighted by Crippen LogP contribution is -2.28. The number of amides is 1. The third-order valence-electron chi connectivity index (χ3n) is 2.95. The Morgan fingerprint density at radius 1 is 1.25 bits per heavy atom. The number of nitrogens with zero attached hydrogens (tertiary/aromatic N) is 1. The molecule has 0 saturated heterocycles. The average molecular weight is 391 g/mol. The molecule has 0 aliphatic heterocycles. The molecule has 0 radical (unpaired) electrons. The number of hydrogen-bond acceptors (Lipinski definition) is 5. The zero-order valence-corrected chi connectivity index (χ0v) is 14.4. The van der Waals surface area contributed by atoms with Crippen LogP contribution in [-0.4, -0.2) is 24.2 Å². The number of nitrogens with one attached hydrogen (secondary N) is 1. The minimum atomic E-state index is -0.754. The van der Waals surface area contributed by atoms with Crippen LogP contribution in [0.2, 0.25) is 0 Å². The second-order valence-electron chi connectivity index (χ2n) is 4.63. The Kier molecular flexibility index (Phi) is 6.51. The van der Waals surface area contributed by atoms with Gasteiger partial charge in [-0.1, -0.05) is 46.3 Å². The first-order valence-electron chi connectivity index (χ1n) is 6.97. The Morgan fingerprint density at radius 3 is 2.67 bits per heavy atom. The summed E-state index contributed by atoms with van der Waals surface area (Å²) >= 11 is 3.34. The molecule has 1 aromatic carbocycles. The van der Waals surface area contributed by atoms with Gasteiger partial charge in [0.15, 0.2) is 0 Å². The van der Waals surface area contributed by atoms with E-state index in [9.17, 15) is 9.59 Å². The molecule has 2 rings (SSSR count). The predicted molar refractivity (Wildman–Crippen MR) is 91.7 cm³/mol. The van der Waals surface area contributed by atoms with Gasteiger partial charge in [0.05, 0.1) is 7.11 Å². The molecule has 1 N–H and O–H groups in total. The largest absolute Gasteiger partial charge is 0.464 e. The molecule has 6 nitrogen and oxygen atoms in total. The summed E-state index contributed by atoms with van der Waals surface area (Å²) in [5.74, 6) is -0.692. The van der Waals surface area contributed by atoms with Gasteiger partial charge in [0.25, 0.3) is 0 Å². The average Bonchev–Trinajstić information content (AvgIpc) is 2.61. The van der Waals surface area contributed by atoms with Gasteiger partial charge in [-0.25, -0.2) is 9.59 Å². The lowest BCUT2D eigenvalue weighted by Gasteiger charge is -2.09. The van der Waals surface area contributed by atoms with Crippen molar-refractivity contribution in [2.45, 2.75) is 6.61 Å². The van der Waals surface area contributed by atoms with Crippen LogP contribution in [0, 0.1) is 0 Å². The third kappa shape index (κ3) is 5.20. The van der Waals surface area contributed by atoms with Crippen molar-refractivity contribution in [2.24, 2.45) is 0 Å². The van der Waals surface area contributed by atoms with Crippen LogP contribution in [0.5, 0.6) is 0 Å². The first-order valence-corrected chi connectivity index (χ1v) is 7.76. The molecular formula is C17H15BrN2O4. The molecule has 0 aliphatic carbocycles. The summed E-state index contributed by atoms with van der Waals surface area (Å²) in [6.07, 6.45) is 3.84. The van der Waals surface area contributed by atoms with Gasteiger partial charge in [0.2, 0.25) is 0 Å². The first kappa shape index (κ1) is 17.7. The summed E-state index contributed by atoms with van der Waals surface area (Å²) in [5.41, 5.74) is 1.40. The normalized spacial score (nSPS) is 10.8. The lowest BCUT2D eigenvalue weighted by molar-refractivity contribution is -0.136. The molecule has 1 aromatic heterocycles. The van der Waals surface area contributed by atoms with Gasteiger partial charge in [-0.05, 0) is 17.7 Å². The van der Waals surface area contributed by atoms with Crippen molar-refractivity contribution in [3.8, 4) is 0 Å². The predicted octanol–water partition coefficient (Wildman–Crippen LogP) is 3.28. The Balaban J connectivity index is 2.07. The van der Waals surface area contributed by atoms with E-state index in [1.54, 1.807) is 18.5 Å². The van der Waals surface area contributed by atoms with E-state index in [0.29, 0.717) is 5.56 Å². The molecule has 2 aromatic rings. The minimum Gasteiger partial charge on any atom is -0.464 e. The summed E-state index contributed by atoms with van der Waals surface area (Å²) in [6, 6.07) is 10.9. The van der Waals surface area contributed by atoms with E-state index >= 15 is 0 Å². The van der Waals surface area contributed by atoms with E-state index in [1.807, 2.05) is 30.3 Å². The van der Waals surface area contributed by atoms with Crippen LogP contribution < -0.4 is 5.32 Å². The van der Waals surface area contributed by atoms with E-state index in [4.69, 9.17) is 4.74 Å². The van der Waals surface area contributed by atoms with Gasteiger partial charge < -0.3 is 9.47 Å².